The van der Waals surface area contributed by atoms with Crippen LogP contribution in [0.15, 0.2) is 0 Å². The molecule has 0 unspecified atom stereocenters. The largest absolute Gasteiger partial charge is 0.380 e. The Morgan fingerprint density at radius 1 is 1.60 bits per heavy atom. The SMILES string of the molecule is CC(C)(O)I. The van der Waals surface area contributed by atoms with Crippen molar-refractivity contribution in [3.63, 3.8) is 0 Å². The van der Waals surface area contributed by atoms with Crippen molar-refractivity contribution in [2.45, 2.75) is 17.5 Å². The minimum atomic E-state index is -0.530. The van der Waals surface area contributed by atoms with Crippen LogP contribution >= 0.6 is 22.6 Å². The molecular weight excluding hydrogens is 179 g/mol. The van der Waals surface area contributed by atoms with E-state index in [-0.39, 0.29) is 0 Å². The summed E-state index contributed by atoms with van der Waals surface area (Å²) < 4.78 is -0.530. The van der Waals surface area contributed by atoms with Gasteiger partial charge in [-0.15, -0.1) is 0 Å². The van der Waals surface area contributed by atoms with Crippen LogP contribution in [-0.2, 0) is 0 Å². The summed E-state index contributed by atoms with van der Waals surface area (Å²) in [6.07, 6.45) is 0. The van der Waals surface area contributed by atoms with E-state index in [1.54, 1.807) is 13.8 Å². The molecule has 32 valence electrons. The summed E-state index contributed by atoms with van der Waals surface area (Å²) in [7, 11) is 0. The van der Waals surface area contributed by atoms with E-state index in [0.717, 1.165) is 0 Å². The minimum absolute atomic E-state index is 0.530. The fourth-order valence-electron chi connectivity index (χ4n) is 0. The summed E-state index contributed by atoms with van der Waals surface area (Å²) in [6, 6.07) is 0. The lowest BCUT2D eigenvalue weighted by molar-refractivity contribution is 0.198. The third-order valence-electron chi connectivity index (χ3n) is 0. The molecule has 0 radical (unpaired) electrons. The molecule has 0 rings (SSSR count). The maximum Gasteiger partial charge on any atom is 0.110 e. The number of alkyl halides is 1. The molecule has 0 bridgehead atoms. The van der Waals surface area contributed by atoms with Gasteiger partial charge in [-0.05, 0) is 36.4 Å². The van der Waals surface area contributed by atoms with Crippen LogP contribution in [0.25, 0.3) is 0 Å². The van der Waals surface area contributed by atoms with Gasteiger partial charge in [0.1, 0.15) is 3.61 Å². The van der Waals surface area contributed by atoms with E-state index in [9.17, 15) is 0 Å². The van der Waals surface area contributed by atoms with Gasteiger partial charge in [-0.2, -0.15) is 0 Å². The zero-order valence-corrected chi connectivity index (χ0v) is 5.48. The van der Waals surface area contributed by atoms with Gasteiger partial charge in [-0.1, -0.05) is 0 Å². The monoisotopic (exact) mass is 186 g/mol. The van der Waals surface area contributed by atoms with Crippen LogP contribution in [0.4, 0.5) is 0 Å². The third-order valence-corrected chi connectivity index (χ3v) is 0. The second-order valence-corrected chi connectivity index (χ2v) is 4.05. The Balaban J connectivity index is 3.02. The van der Waals surface area contributed by atoms with Crippen molar-refractivity contribution in [3.8, 4) is 0 Å². The van der Waals surface area contributed by atoms with Crippen LogP contribution in [0.5, 0.6) is 0 Å². The van der Waals surface area contributed by atoms with Crippen LogP contribution < -0.4 is 0 Å². The zero-order valence-electron chi connectivity index (χ0n) is 3.33. The summed E-state index contributed by atoms with van der Waals surface area (Å²) in [4.78, 5) is 0. The molecule has 0 aliphatic carbocycles. The van der Waals surface area contributed by atoms with Crippen molar-refractivity contribution in [2.24, 2.45) is 0 Å². The lowest BCUT2D eigenvalue weighted by Crippen LogP contribution is -2.04. The van der Waals surface area contributed by atoms with Gasteiger partial charge in [0, 0.05) is 0 Å². The normalized spacial score (nSPS) is 12.0. The molecule has 0 heterocycles. The van der Waals surface area contributed by atoms with Gasteiger partial charge in [-0.25, -0.2) is 0 Å². The van der Waals surface area contributed by atoms with Crippen molar-refractivity contribution in [1.82, 2.24) is 0 Å². The van der Waals surface area contributed by atoms with Gasteiger partial charge < -0.3 is 5.11 Å². The van der Waals surface area contributed by atoms with Gasteiger partial charge in [0.05, 0.1) is 0 Å². The van der Waals surface area contributed by atoms with Gasteiger partial charge in [0.15, 0.2) is 0 Å². The molecule has 0 saturated heterocycles. The van der Waals surface area contributed by atoms with Crippen molar-refractivity contribution in [2.75, 3.05) is 0 Å². The smallest absolute Gasteiger partial charge is 0.110 e. The Hall–Kier alpha value is 0.690. The molecular formula is C3H7IO. The van der Waals surface area contributed by atoms with Gasteiger partial charge in [0.2, 0.25) is 0 Å². The van der Waals surface area contributed by atoms with E-state index in [1.807, 2.05) is 22.6 Å². The first kappa shape index (κ1) is 5.69. The molecule has 0 aromatic rings. The molecule has 0 aliphatic heterocycles. The predicted molar refractivity (Wildman–Crippen MR) is 30.3 cm³/mol. The Morgan fingerprint density at radius 3 is 1.60 bits per heavy atom. The second kappa shape index (κ2) is 1.43. The van der Waals surface area contributed by atoms with Gasteiger partial charge in [-0.3, -0.25) is 0 Å². The topological polar surface area (TPSA) is 20.2 Å². The lowest BCUT2D eigenvalue weighted by Gasteiger charge is -2.01. The molecule has 0 aromatic carbocycles. The summed E-state index contributed by atoms with van der Waals surface area (Å²) in [5, 5.41) is 8.51. The first-order valence-electron chi connectivity index (χ1n) is 1.41. The summed E-state index contributed by atoms with van der Waals surface area (Å²) in [5.74, 6) is 0. The van der Waals surface area contributed by atoms with E-state index >= 15 is 0 Å². The van der Waals surface area contributed by atoms with Crippen molar-refractivity contribution < 1.29 is 5.11 Å². The minimum Gasteiger partial charge on any atom is -0.380 e. The average Bonchev–Trinajstić information content (AvgIpc) is 0.722. The van der Waals surface area contributed by atoms with Crippen molar-refractivity contribution in [1.29, 1.82) is 0 Å². The van der Waals surface area contributed by atoms with Crippen molar-refractivity contribution in [3.05, 3.63) is 0 Å². The molecule has 0 atom stereocenters. The van der Waals surface area contributed by atoms with E-state index in [2.05, 4.69) is 0 Å². The first-order chi connectivity index (χ1) is 2.00. The average molecular weight is 186 g/mol. The highest BCUT2D eigenvalue weighted by Crippen LogP contribution is 2.08. The first-order valence-corrected chi connectivity index (χ1v) is 2.49. The Kier molecular flexibility index (Phi) is 1.62. The molecule has 5 heavy (non-hydrogen) atoms. The van der Waals surface area contributed by atoms with Crippen LogP contribution in [0.3, 0.4) is 0 Å². The van der Waals surface area contributed by atoms with E-state index in [4.69, 9.17) is 5.11 Å². The highest BCUT2D eigenvalue weighted by atomic mass is 127. The molecule has 0 amide bonds. The maximum absolute atomic E-state index is 8.51. The van der Waals surface area contributed by atoms with E-state index in [1.165, 1.54) is 0 Å². The summed E-state index contributed by atoms with van der Waals surface area (Å²) in [6.45, 7) is 3.46. The predicted octanol–water partition coefficient (Wildman–Crippen LogP) is 1.15. The molecule has 1 nitrogen and oxygen atoms in total. The quantitative estimate of drug-likeness (QED) is 0.444. The molecule has 0 spiro atoms. The Labute approximate surface area is 45.5 Å². The maximum atomic E-state index is 8.51. The Morgan fingerprint density at radius 2 is 1.60 bits per heavy atom. The van der Waals surface area contributed by atoms with Crippen LogP contribution in [0, 0.1) is 0 Å². The third kappa shape index (κ3) is 71.3. The number of hydrogen-bond donors (Lipinski definition) is 1. The fraction of sp³-hybridized carbons (Fsp3) is 1.00. The molecule has 2 heteroatoms. The highest BCUT2D eigenvalue weighted by Gasteiger charge is 2.00. The number of hydrogen-bond acceptors (Lipinski definition) is 1. The summed E-state index contributed by atoms with van der Waals surface area (Å²) in [5.41, 5.74) is 0. The van der Waals surface area contributed by atoms with Crippen LogP contribution in [0.1, 0.15) is 13.8 Å². The van der Waals surface area contributed by atoms with Crippen molar-refractivity contribution >= 4 is 22.6 Å². The standard InChI is InChI=1S/C3H7IO/c1-3(2,4)5/h5H,1-2H3. The van der Waals surface area contributed by atoms with Gasteiger partial charge >= 0.3 is 0 Å². The molecule has 0 aliphatic rings. The zero-order chi connectivity index (χ0) is 4.50. The number of halogens is 1. The van der Waals surface area contributed by atoms with Crippen LogP contribution in [0.2, 0.25) is 0 Å². The molecule has 0 aromatic heterocycles. The second-order valence-electron chi connectivity index (χ2n) is 1.41. The lowest BCUT2D eigenvalue weighted by atomic mass is 10.5. The van der Waals surface area contributed by atoms with E-state index < -0.39 is 3.61 Å². The molecule has 0 fully saturated rings. The Bertz CT molecular complexity index is 22.4. The van der Waals surface area contributed by atoms with Gasteiger partial charge in [0.25, 0.3) is 0 Å². The fourth-order valence-corrected chi connectivity index (χ4v) is 0. The highest BCUT2D eigenvalue weighted by molar-refractivity contribution is 14.1. The number of aliphatic hydroxyl groups is 1. The van der Waals surface area contributed by atoms with Crippen LogP contribution in [-0.4, -0.2) is 8.71 Å². The molecule has 0 saturated carbocycles. The van der Waals surface area contributed by atoms with E-state index in [0.29, 0.717) is 0 Å². The number of rotatable bonds is 0. The molecule has 1 N–H and O–H groups in total. The summed E-state index contributed by atoms with van der Waals surface area (Å²) >= 11 is 1.93.